The molecular formula is C44H66O9. The van der Waals surface area contributed by atoms with Gasteiger partial charge < -0.3 is 44.8 Å². The molecule has 9 heteroatoms. The fourth-order valence-corrected chi connectivity index (χ4v) is 6.88. The highest BCUT2D eigenvalue weighted by Gasteiger charge is 2.37. The van der Waals surface area contributed by atoms with Crippen LogP contribution in [0.25, 0.3) is 0 Å². The van der Waals surface area contributed by atoms with Crippen molar-refractivity contribution in [3.63, 3.8) is 0 Å². The zero-order chi connectivity index (χ0) is 39.1. The van der Waals surface area contributed by atoms with E-state index in [4.69, 9.17) is 14.2 Å². The average Bonchev–Trinajstić information content (AvgIpc) is 3.13. The van der Waals surface area contributed by atoms with Gasteiger partial charge in [-0.15, -0.1) is 0 Å². The van der Waals surface area contributed by atoms with Crippen molar-refractivity contribution < 1.29 is 44.8 Å². The number of ether oxygens (including phenoxy) is 3. The highest BCUT2D eigenvalue weighted by molar-refractivity contribution is 5.60. The number of aliphatic hydroxyl groups is 3. The average molecular weight is 739 g/mol. The molecule has 3 aromatic rings. The number of hydrogen-bond acceptors (Lipinski definition) is 9. The molecular weight excluding hydrogens is 672 g/mol. The minimum Gasteiger partial charge on any atom is -0.507 e. The molecule has 4 unspecified atom stereocenters. The van der Waals surface area contributed by atoms with Crippen molar-refractivity contribution in [2.24, 2.45) is 0 Å². The van der Waals surface area contributed by atoms with Crippen LogP contribution in [-0.2, 0) is 39.4 Å². The van der Waals surface area contributed by atoms with Gasteiger partial charge in [0.15, 0.2) is 0 Å². The van der Waals surface area contributed by atoms with E-state index < -0.39 is 23.7 Å². The maximum atomic E-state index is 11.6. The van der Waals surface area contributed by atoms with Crippen LogP contribution in [0.2, 0.25) is 0 Å². The van der Waals surface area contributed by atoms with Crippen LogP contribution in [0.5, 0.6) is 17.2 Å². The summed E-state index contributed by atoms with van der Waals surface area (Å²) >= 11 is 0. The monoisotopic (exact) mass is 738 g/mol. The fourth-order valence-electron chi connectivity index (χ4n) is 6.88. The Morgan fingerprint density at radius 2 is 0.755 bits per heavy atom. The standard InChI is InChI=1S/C44H66O9/c1-8-14-38(45)35-23-33(22-31(42(35)49)28-53-19-13-6)44(7,32-20-29(26-51-17-11-4)41(48)30(21-32)27-52-18-12-5)34-24-36(39(46)15-9-2)43(50)37(25-34)40(47)16-10-3/h20-25,38-40,45-50H,8-19,26-28H2,1-7H3. The Hall–Kier alpha value is -3.18. The van der Waals surface area contributed by atoms with E-state index in [-0.39, 0.29) is 37.1 Å². The molecule has 0 fully saturated rings. The summed E-state index contributed by atoms with van der Waals surface area (Å²) in [6, 6.07) is 11.1. The summed E-state index contributed by atoms with van der Waals surface area (Å²) in [5.41, 5.74) is 3.69. The Balaban J connectivity index is 2.57. The van der Waals surface area contributed by atoms with Crippen LogP contribution in [0.1, 0.15) is 175 Å². The van der Waals surface area contributed by atoms with E-state index in [0.717, 1.165) is 24.8 Å². The van der Waals surface area contributed by atoms with E-state index in [9.17, 15) is 30.6 Å². The first kappa shape index (κ1) is 44.2. The molecule has 9 nitrogen and oxygen atoms in total. The Morgan fingerprint density at radius 3 is 1.09 bits per heavy atom. The molecule has 0 aliphatic heterocycles. The molecule has 0 saturated carbocycles. The summed E-state index contributed by atoms with van der Waals surface area (Å²) in [7, 11) is 0. The third kappa shape index (κ3) is 11.0. The second-order valence-electron chi connectivity index (χ2n) is 14.4. The van der Waals surface area contributed by atoms with Gasteiger partial charge in [-0.1, -0.05) is 60.8 Å². The molecule has 0 aliphatic rings. The molecule has 296 valence electrons. The van der Waals surface area contributed by atoms with Gasteiger partial charge in [0, 0.05) is 58.6 Å². The summed E-state index contributed by atoms with van der Waals surface area (Å²) in [6.07, 6.45) is 2.75. The van der Waals surface area contributed by atoms with Crippen LogP contribution in [0.3, 0.4) is 0 Å². The topological polar surface area (TPSA) is 149 Å². The molecule has 0 radical (unpaired) electrons. The van der Waals surface area contributed by atoms with Crippen LogP contribution in [0.4, 0.5) is 0 Å². The molecule has 0 bridgehead atoms. The molecule has 0 spiro atoms. The summed E-state index contributed by atoms with van der Waals surface area (Å²) in [5.74, 6) is -0.0695. The zero-order valence-corrected chi connectivity index (χ0v) is 33.2. The van der Waals surface area contributed by atoms with Crippen molar-refractivity contribution >= 4 is 0 Å². The van der Waals surface area contributed by atoms with Crippen molar-refractivity contribution in [1.82, 2.24) is 0 Å². The van der Waals surface area contributed by atoms with Gasteiger partial charge in [-0.25, -0.2) is 0 Å². The van der Waals surface area contributed by atoms with Crippen LogP contribution < -0.4 is 0 Å². The number of aliphatic hydroxyl groups excluding tert-OH is 3. The van der Waals surface area contributed by atoms with Crippen LogP contribution in [-0.4, -0.2) is 50.5 Å². The summed E-state index contributed by atoms with van der Waals surface area (Å²) < 4.78 is 17.9. The normalized spacial score (nSPS) is 14.6. The third-order valence-electron chi connectivity index (χ3n) is 9.97. The van der Waals surface area contributed by atoms with Gasteiger partial charge in [0.2, 0.25) is 0 Å². The van der Waals surface area contributed by atoms with E-state index >= 15 is 0 Å². The Kier molecular flexibility index (Phi) is 18.1. The second kappa shape index (κ2) is 21.6. The van der Waals surface area contributed by atoms with Crippen molar-refractivity contribution in [2.45, 2.75) is 150 Å². The lowest BCUT2D eigenvalue weighted by molar-refractivity contribution is 0.114. The van der Waals surface area contributed by atoms with E-state index in [1.807, 2.05) is 72.7 Å². The zero-order valence-electron chi connectivity index (χ0n) is 33.2. The number of aromatic hydroxyl groups is 3. The van der Waals surface area contributed by atoms with Crippen molar-refractivity contribution in [3.05, 3.63) is 86.5 Å². The predicted octanol–water partition coefficient (Wildman–Crippen LogP) is 9.44. The maximum absolute atomic E-state index is 11.6. The number of rotatable bonds is 24. The number of phenols is 3. The minimum absolute atomic E-state index is 0.0232. The molecule has 0 aromatic heterocycles. The van der Waals surface area contributed by atoms with Gasteiger partial charge in [-0.05, 0) is 98.5 Å². The van der Waals surface area contributed by atoms with E-state index in [0.29, 0.717) is 103 Å². The highest BCUT2D eigenvalue weighted by atomic mass is 16.5. The predicted molar refractivity (Wildman–Crippen MR) is 209 cm³/mol. The molecule has 3 aromatic carbocycles. The van der Waals surface area contributed by atoms with Crippen LogP contribution in [0.15, 0.2) is 36.4 Å². The molecule has 3 rings (SSSR count). The van der Waals surface area contributed by atoms with Crippen LogP contribution >= 0.6 is 0 Å². The fraction of sp³-hybridized carbons (Fsp3) is 0.591. The van der Waals surface area contributed by atoms with Gasteiger partial charge in [-0.3, -0.25) is 0 Å². The Morgan fingerprint density at radius 1 is 0.453 bits per heavy atom. The number of benzene rings is 3. The lowest BCUT2D eigenvalue weighted by Gasteiger charge is -2.36. The minimum atomic E-state index is -1.10. The maximum Gasteiger partial charge on any atom is 0.127 e. The smallest absolute Gasteiger partial charge is 0.127 e. The first-order valence-corrected chi connectivity index (χ1v) is 19.8. The van der Waals surface area contributed by atoms with Gasteiger partial charge in [0.1, 0.15) is 17.2 Å². The summed E-state index contributed by atoms with van der Waals surface area (Å²) in [5, 5.41) is 69.0. The van der Waals surface area contributed by atoms with E-state index in [2.05, 4.69) is 0 Å². The van der Waals surface area contributed by atoms with Gasteiger partial charge >= 0.3 is 0 Å². The SMILES string of the molecule is CCCOCc1cc(C(C)(c2cc(COCCC)c(O)c(C(O)CCC)c2)c2cc(C(O)CCC)c(O)c(C(O)CCC)c2)cc(COCCC)c1O. The quantitative estimate of drug-likeness (QED) is 0.0390. The van der Waals surface area contributed by atoms with Gasteiger partial charge in [0.25, 0.3) is 0 Å². The molecule has 0 aliphatic carbocycles. The van der Waals surface area contributed by atoms with Crippen LogP contribution in [0, 0.1) is 0 Å². The van der Waals surface area contributed by atoms with E-state index in [1.54, 1.807) is 12.1 Å². The van der Waals surface area contributed by atoms with Crippen molar-refractivity contribution in [3.8, 4) is 17.2 Å². The van der Waals surface area contributed by atoms with Crippen molar-refractivity contribution in [2.75, 3.05) is 19.8 Å². The third-order valence-corrected chi connectivity index (χ3v) is 9.97. The molecule has 4 atom stereocenters. The molecule has 0 saturated heterocycles. The molecule has 6 N–H and O–H groups in total. The lowest BCUT2D eigenvalue weighted by Crippen LogP contribution is -2.28. The molecule has 0 amide bonds. The number of hydrogen-bond donors (Lipinski definition) is 6. The number of phenolic OH excluding ortho intramolecular Hbond substituents is 3. The Bertz CT molecular complexity index is 1510. The Labute approximate surface area is 317 Å². The first-order valence-electron chi connectivity index (χ1n) is 19.8. The lowest BCUT2D eigenvalue weighted by atomic mass is 9.68. The highest BCUT2D eigenvalue weighted by Crippen LogP contribution is 2.48. The molecule has 53 heavy (non-hydrogen) atoms. The van der Waals surface area contributed by atoms with Gasteiger partial charge in [-0.2, -0.15) is 0 Å². The van der Waals surface area contributed by atoms with Crippen molar-refractivity contribution in [1.29, 1.82) is 0 Å². The summed E-state index contributed by atoms with van der Waals surface area (Å²) in [4.78, 5) is 0. The summed E-state index contributed by atoms with van der Waals surface area (Å²) in [6.45, 7) is 15.9. The molecule has 0 heterocycles. The van der Waals surface area contributed by atoms with E-state index in [1.165, 1.54) is 0 Å². The largest absolute Gasteiger partial charge is 0.507 e. The second-order valence-corrected chi connectivity index (χ2v) is 14.4. The first-order chi connectivity index (χ1) is 25.4. The van der Waals surface area contributed by atoms with Gasteiger partial charge in [0.05, 0.1) is 38.1 Å².